The zero-order valence-electron chi connectivity index (χ0n) is 16.6. The number of benzene rings is 2. The summed E-state index contributed by atoms with van der Waals surface area (Å²) in [6.45, 7) is 8.18. The minimum Gasteiger partial charge on any atom is -0.490 e. The van der Waals surface area contributed by atoms with Gasteiger partial charge in [0.1, 0.15) is 12.7 Å². The summed E-state index contributed by atoms with van der Waals surface area (Å²) in [7, 11) is 0. The van der Waals surface area contributed by atoms with Crippen LogP contribution in [0, 0.1) is 16.7 Å². The smallest absolute Gasteiger partial charge is 0.178 e. The van der Waals surface area contributed by atoms with Crippen molar-refractivity contribution in [1.29, 1.82) is 5.26 Å². The highest BCUT2D eigenvalue weighted by Crippen LogP contribution is 2.31. The summed E-state index contributed by atoms with van der Waals surface area (Å²) in [5.74, 6) is 1.000. The van der Waals surface area contributed by atoms with Crippen molar-refractivity contribution in [2.45, 2.75) is 34.3 Å². The van der Waals surface area contributed by atoms with E-state index in [1.807, 2.05) is 43.3 Å². The number of allylic oxidation sites excluding steroid dienone is 1. The SMILES string of the molecule is CCOc1cc(/C=C(/C#N)C(=O)C(C)(C)C)ccc1OCc1ccc(Br)cc1. The Morgan fingerprint density at radius 1 is 1.11 bits per heavy atom. The molecule has 0 unspecified atom stereocenters. The van der Waals surface area contributed by atoms with Crippen LogP contribution >= 0.6 is 15.9 Å². The first-order valence-electron chi connectivity index (χ1n) is 9.05. The van der Waals surface area contributed by atoms with Crippen LogP contribution in [0.2, 0.25) is 0 Å². The standard InChI is InChI=1S/C23H24BrNO3/c1-5-27-21-13-17(12-18(14-25)22(26)23(2,3)4)8-11-20(21)28-15-16-6-9-19(24)10-7-16/h6-13H,5,15H2,1-4H3/b18-12-. The second-order valence-corrected chi connectivity index (χ2v) is 8.22. The summed E-state index contributed by atoms with van der Waals surface area (Å²) in [6.07, 6.45) is 1.59. The van der Waals surface area contributed by atoms with Crippen molar-refractivity contribution in [2.75, 3.05) is 6.61 Å². The first-order valence-corrected chi connectivity index (χ1v) is 9.84. The van der Waals surface area contributed by atoms with Crippen LogP contribution in [0.25, 0.3) is 6.08 Å². The molecule has 0 spiro atoms. The lowest BCUT2D eigenvalue weighted by Crippen LogP contribution is -2.21. The van der Waals surface area contributed by atoms with Crippen LogP contribution in [0.15, 0.2) is 52.5 Å². The maximum absolute atomic E-state index is 12.4. The molecule has 0 atom stereocenters. The van der Waals surface area contributed by atoms with Crippen LogP contribution in [0.4, 0.5) is 0 Å². The van der Waals surface area contributed by atoms with E-state index in [1.54, 1.807) is 39.0 Å². The van der Waals surface area contributed by atoms with Gasteiger partial charge in [-0.15, -0.1) is 0 Å². The Labute approximate surface area is 174 Å². The van der Waals surface area contributed by atoms with Crippen molar-refractivity contribution in [3.8, 4) is 17.6 Å². The highest BCUT2D eigenvalue weighted by Gasteiger charge is 2.25. The van der Waals surface area contributed by atoms with Gasteiger partial charge in [0.25, 0.3) is 0 Å². The van der Waals surface area contributed by atoms with Crippen molar-refractivity contribution in [2.24, 2.45) is 5.41 Å². The molecule has 0 aromatic heterocycles. The molecule has 2 aromatic rings. The van der Waals surface area contributed by atoms with Crippen molar-refractivity contribution >= 4 is 27.8 Å². The molecule has 0 saturated heterocycles. The third-order valence-corrected chi connectivity index (χ3v) is 4.46. The van der Waals surface area contributed by atoms with Gasteiger partial charge in [-0.25, -0.2) is 0 Å². The van der Waals surface area contributed by atoms with Gasteiger partial charge >= 0.3 is 0 Å². The lowest BCUT2D eigenvalue weighted by molar-refractivity contribution is -0.121. The van der Waals surface area contributed by atoms with Gasteiger partial charge < -0.3 is 9.47 Å². The molecule has 0 aliphatic carbocycles. The molecule has 0 heterocycles. The van der Waals surface area contributed by atoms with Gasteiger partial charge in [0.05, 0.1) is 12.2 Å². The molecule has 146 valence electrons. The maximum Gasteiger partial charge on any atom is 0.178 e. The lowest BCUT2D eigenvalue weighted by atomic mass is 9.86. The third kappa shape index (κ3) is 5.97. The molecule has 0 aliphatic heterocycles. The van der Waals surface area contributed by atoms with Crippen molar-refractivity contribution in [1.82, 2.24) is 0 Å². The van der Waals surface area contributed by atoms with E-state index in [1.165, 1.54) is 0 Å². The number of nitriles is 1. The molecule has 0 saturated carbocycles. The van der Waals surface area contributed by atoms with E-state index in [9.17, 15) is 10.1 Å². The first kappa shape index (κ1) is 21.7. The Morgan fingerprint density at radius 3 is 2.36 bits per heavy atom. The third-order valence-electron chi connectivity index (χ3n) is 3.93. The van der Waals surface area contributed by atoms with Crippen molar-refractivity contribution in [3.05, 3.63) is 63.6 Å². The van der Waals surface area contributed by atoms with Gasteiger partial charge in [-0.1, -0.05) is 54.9 Å². The first-order chi connectivity index (χ1) is 13.2. The molecule has 0 fully saturated rings. The van der Waals surface area contributed by atoms with E-state index >= 15 is 0 Å². The largest absolute Gasteiger partial charge is 0.490 e. The van der Waals surface area contributed by atoms with Gasteiger partial charge in [-0.05, 0) is 48.4 Å². The minimum absolute atomic E-state index is 0.124. The number of hydrogen-bond donors (Lipinski definition) is 0. The van der Waals surface area contributed by atoms with E-state index in [4.69, 9.17) is 9.47 Å². The molecule has 0 N–H and O–H groups in total. The van der Waals surface area contributed by atoms with E-state index in [0.717, 1.165) is 10.0 Å². The quantitative estimate of drug-likeness (QED) is 0.393. The Balaban J connectivity index is 2.26. The minimum atomic E-state index is -0.613. The summed E-state index contributed by atoms with van der Waals surface area (Å²) in [5.41, 5.74) is 1.27. The van der Waals surface area contributed by atoms with Crippen LogP contribution in [0.1, 0.15) is 38.8 Å². The predicted molar refractivity (Wildman–Crippen MR) is 114 cm³/mol. The summed E-state index contributed by atoms with van der Waals surface area (Å²) in [6, 6.07) is 15.3. The molecular formula is C23H24BrNO3. The molecule has 0 bridgehead atoms. The number of carbonyl (C=O) groups is 1. The second kappa shape index (κ2) is 9.57. The zero-order valence-corrected chi connectivity index (χ0v) is 18.2. The number of nitrogens with zero attached hydrogens (tertiary/aromatic N) is 1. The van der Waals surface area contributed by atoms with Gasteiger partial charge in [-0.2, -0.15) is 5.26 Å². The van der Waals surface area contributed by atoms with Crippen molar-refractivity contribution < 1.29 is 14.3 Å². The highest BCUT2D eigenvalue weighted by atomic mass is 79.9. The number of Topliss-reactive ketones (excluding diaryl/α,β-unsaturated/α-hetero) is 1. The van der Waals surface area contributed by atoms with E-state index in [-0.39, 0.29) is 11.4 Å². The Bertz CT molecular complexity index is 903. The van der Waals surface area contributed by atoms with Crippen LogP contribution < -0.4 is 9.47 Å². The highest BCUT2D eigenvalue weighted by molar-refractivity contribution is 9.10. The predicted octanol–water partition coefficient (Wildman–Crippen LogP) is 5.95. The molecule has 2 rings (SSSR count). The number of carbonyl (C=O) groups excluding carboxylic acids is 1. The second-order valence-electron chi connectivity index (χ2n) is 7.30. The maximum atomic E-state index is 12.4. The molecule has 0 radical (unpaired) electrons. The number of rotatable bonds is 7. The average Bonchev–Trinajstić information content (AvgIpc) is 2.65. The zero-order chi connectivity index (χ0) is 20.7. The molecule has 28 heavy (non-hydrogen) atoms. The van der Waals surface area contributed by atoms with Crippen LogP contribution in [0.3, 0.4) is 0 Å². The topological polar surface area (TPSA) is 59.3 Å². The van der Waals surface area contributed by atoms with Crippen LogP contribution in [-0.2, 0) is 11.4 Å². The van der Waals surface area contributed by atoms with Crippen LogP contribution in [-0.4, -0.2) is 12.4 Å². The fourth-order valence-corrected chi connectivity index (χ4v) is 2.73. The van der Waals surface area contributed by atoms with Gasteiger partial charge in [-0.3, -0.25) is 4.79 Å². The Kier molecular flexibility index (Phi) is 7.42. The molecule has 2 aromatic carbocycles. The fraction of sp³-hybridized carbons (Fsp3) is 0.304. The van der Waals surface area contributed by atoms with Gasteiger partial charge in [0.2, 0.25) is 0 Å². The lowest BCUT2D eigenvalue weighted by Gasteiger charge is -2.16. The monoisotopic (exact) mass is 441 g/mol. The Morgan fingerprint density at radius 2 is 1.79 bits per heavy atom. The normalized spacial score (nSPS) is 11.6. The van der Waals surface area contributed by atoms with Crippen molar-refractivity contribution in [3.63, 3.8) is 0 Å². The molecule has 0 amide bonds. The summed E-state index contributed by atoms with van der Waals surface area (Å²) >= 11 is 3.42. The molecule has 0 aliphatic rings. The number of ether oxygens (including phenoxy) is 2. The number of hydrogen-bond acceptors (Lipinski definition) is 4. The van der Waals surface area contributed by atoms with E-state index in [2.05, 4.69) is 15.9 Å². The summed E-state index contributed by atoms with van der Waals surface area (Å²) in [5, 5.41) is 9.38. The average molecular weight is 442 g/mol. The summed E-state index contributed by atoms with van der Waals surface area (Å²) in [4.78, 5) is 12.4. The molecule has 4 nitrogen and oxygen atoms in total. The Hall–Kier alpha value is -2.58. The number of halogens is 1. The number of ketones is 1. The van der Waals surface area contributed by atoms with Gasteiger partial charge in [0.15, 0.2) is 17.3 Å². The van der Waals surface area contributed by atoms with E-state index < -0.39 is 5.41 Å². The molecular weight excluding hydrogens is 418 g/mol. The van der Waals surface area contributed by atoms with E-state index in [0.29, 0.717) is 30.3 Å². The fourth-order valence-electron chi connectivity index (χ4n) is 2.46. The van der Waals surface area contributed by atoms with Crippen LogP contribution in [0.5, 0.6) is 11.5 Å². The van der Waals surface area contributed by atoms with Gasteiger partial charge in [0, 0.05) is 9.89 Å². The molecule has 5 heteroatoms. The summed E-state index contributed by atoms with van der Waals surface area (Å²) < 4.78 is 12.6.